The zero-order valence-corrected chi connectivity index (χ0v) is 47.7. The molecule has 0 saturated heterocycles. The van der Waals surface area contributed by atoms with Gasteiger partial charge in [-0.1, -0.05) is 213 Å². The van der Waals surface area contributed by atoms with E-state index in [0.717, 1.165) is 36.9 Å². The molecule has 4 aromatic rings. The topological polar surface area (TPSA) is 15.7 Å². The number of nitrogens with zero attached hydrogens (tertiary/aromatic N) is 2. The third-order valence-corrected chi connectivity index (χ3v) is 20.5. The predicted octanol–water partition coefficient (Wildman–Crippen LogP) is 19.0. The van der Waals surface area contributed by atoms with Gasteiger partial charge >= 0.3 is 0 Å². The third kappa shape index (κ3) is 8.33. The van der Waals surface area contributed by atoms with Crippen LogP contribution in [0.1, 0.15) is 104 Å². The molecule has 85 heavy (non-hydrogen) atoms. The number of fused-ring (bicyclic) bond motifs is 7. The van der Waals surface area contributed by atoms with E-state index >= 15 is 17.6 Å². The Morgan fingerprint density at radius 3 is 2.16 bits per heavy atom. The second kappa shape index (κ2) is 21.3. The number of allylic oxidation sites excluding steroid dienone is 25. The van der Waals surface area contributed by atoms with E-state index in [2.05, 4.69) is 211 Å². The van der Waals surface area contributed by atoms with Crippen molar-refractivity contribution < 1.29 is 22.3 Å². The van der Waals surface area contributed by atoms with E-state index in [4.69, 9.17) is 4.74 Å². The molecule has 10 unspecified atom stereocenters. The summed E-state index contributed by atoms with van der Waals surface area (Å²) >= 11 is 0. The highest BCUT2D eigenvalue weighted by molar-refractivity contribution is 5.92. The molecule has 0 amide bonds. The number of alkyl halides is 1. The third-order valence-electron chi connectivity index (χ3n) is 20.5. The van der Waals surface area contributed by atoms with Crippen molar-refractivity contribution in [2.45, 2.75) is 111 Å². The molecule has 10 aliphatic carbocycles. The van der Waals surface area contributed by atoms with Gasteiger partial charge in [0.2, 0.25) is 0 Å². The average Bonchev–Trinajstić information content (AvgIpc) is 1.74. The summed E-state index contributed by atoms with van der Waals surface area (Å²) in [6.07, 6.45) is 46.2. The normalized spacial score (nSPS) is 30.2. The van der Waals surface area contributed by atoms with Crippen LogP contribution in [0.2, 0.25) is 0 Å². The largest absolute Gasteiger partial charge is 0.485 e. The second-order valence-corrected chi connectivity index (χ2v) is 24.6. The smallest absolute Gasteiger partial charge is 0.156 e. The molecule has 4 aromatic carbocycles. The van der Waals surface area contributed by atoms with Gasteiger partial charge < -0.3 is 14.5 Å². The lowest BCUT2D eigenvalue weighted by Gasteiger charge is -2.47. The van der Waals surface area contributed by atoms with Gasteiger partial charge in [0.1, 0.15) is 23.5 Å². The van der Waals surface area contributed by atoms with E-state index in [-0.39, 0.29) is 48.7 Å². The first-order chi connectivity index (χ1) is 41.7. The fourth-order valence-electron chi connectivity index (χ4n) is 16.7. The van der Waals surface area contributed by atoms with Crippen molar-refractivity contribution in [3.8, 4) is 5.75 Å². The molecule has 15 rings (SSSR count). The Labute approximate surface area is 497 Å². The van der Waals surface area contributed by atoms with Crippen LogP contribution in [-0.4, -0.2) is 35.3 Å². The van der Waals surface area contributed by atoms with Crippen molar-refractivity contribution in [1.82, 2.24) is 4.90 Å². The fraction of sp³-hybridized carbons (Fsp3) is 0.256. The van der Waals surface area contributed by atoms with Crippen LogP contribution in [0.5, 0.6) is 5.75 Å². The highest BCUT2D eigenvalue weighted by Gasteiger charge is 2.55. The molecule has 11 aliphatic rings. The summed E-state index contributed by atoms with van der Waals surface area (Å²) < 4.78 is 70.5. The summed E-state index contributed by atoms with van der Waals surface area (Å²) in [5.41, 5.74) is 17.0. The second-order valence-electron chi connectivity index (χ2n) is 24.6. The van der Waals surface area contributed by atoms with Crippen molar-refractivity contribution in [1.29, 1.82) is 0 Å². The fourth-order valence-corrected chi connectivity index (χ4v) is 16.7. The Kier molecular flexibility index (Phi) is 13.3. The van der Waals surface area contributed by atoms with Crippen molar-refractivity contribution in [2.24, 2.45) is 11.8 Å². The molecule has 0 aromatic heterocycles. The van der Waals surface area contributed by atoms with Gasteiger partial charge in [0, 0.05) is 41.1 Å². The average molecular weight is 1130 g/mol. The maximum atomic E-state index is 16.1. The molecule has 10 atom stereocenters. The zero-order valence-electron chi connectivity index (χ0n) is 47.7. The Morgan fingerprint density at radius 1 is 0.647 bits per heavy atom. The summed E-state index contributed by atoms with van der Waals surface area (Å²) in [6.45, 7) is 8.27. The lowest BCUT2D eigenvalue weighted by molar-refractivity contribution is 0.0767. The minimum atomic E-state index is -1.72. The van der Waals surface area contributed by atoms with Crippen molar-refractivity contribution >= 4 is 16.8 Å². The van der Waals surface area contributed by atoms with Gasteiger partial charge in [-0.2, -0.15) is 0 Å². The molecule has 424 valence electrons. The molecule has 1 heterocycles. The van der Waals surface area contributed by atoms with Crippen LogP contribution in [0.25, 0.3) is 11.1 Å². The summed E-state index contributed by atoms with van der Waals surface area (Å²) in [5, 5.41) is 0. The Morgan fingerprint density at radius 2 is 1.42 bits per heavy atom. The molecular weight excluding hydrogens is 1060 g/mol. The van der Waals surface area contributed by atoms with Gasteiger partial charge in [-0.25, -0.2) is 17.6 Å². The summed E-state index contributed by atoms with van der Waals surface area (Å²) in [6, 6.07) is 34.0. The summed E-state index contributed by atoms with van der Waals surface area (Å²) in [7, 11) is 0. The quantitative estimate of drug-likeness (QED) is 0.104. The SMILES string of the molecule is C=CC1=CC=C(C2(c3ccccc3)C3=C(C=CC(N(C4=CCC(F)C(F)=C4)C4CC=CC5c6cccc(N(C7=CC(F)=C(F)CC7)C7C=CC8=C(C7)C(C7=CCC(C=C)C=C7)(C7C=CC=CC7)c7ccccc78)c6OC54)C3)c3ccccc32)CC1. The number of anilines is 1. The molecule has 0 bridgehead atoms. The highest BCUT2D eigenvalue weighted by atomic mass is 19.2. The summed E-state index contributed by atoms with van der Waals surface area (Å²) in [5.74, 6) is -1.50. The van der Waals surface area contributed by atoms with Crippen LogP contribution in [-0.2, 0) is 10.8 Å². The van der Waals surface area contributed by atoms with Crippen molar-refractivity contribution in [2.75, 3.05) is 4.90 Å². The van der Waals surface area contributed by atoms with Gasteiger partial charge in [-0.3, -0.25) is 0 Å². The lowest BCUT2D eigenvalue weighted by atomic mass is 9.59. The maximum absolute atomic E-state index is 16.1. The zero-order chi connectivity index (χ0) is 57.6. The molecule has 0 fully saturated rings. The van der Waals surface area contributed by atoms with Crippen LogP contribution in [0, 0.1) is 11.8 Å². The standard InChI is InChI=1S/C78H68F4N2O/c1-3-49-29-33-53(34-30-49)77(51-17-7-5-8-18-51)65-25-13-11-21-59(65)61-41-37-55(45-67(61)77)83(57-39-43-69(79)71(81)47-57)73-27-15-23-63-64-24-16-28-74(76(64)85-75(63)73)84(58-40-44-70(80)72(82)48-58)56-38-42-62-60-22-12-14-26-66(60)78(68(62)46-56,52-19-9-6-10-20-52)54-35-31-50(4-2)32-36-54/h3-19,21-26,28-29,31,33,35-39,41-42,47-48,50,52,55-56,63,69,73,75H,1-2,20,27,30,32,34,40,43-46H2. The molecule has 0 radical (unpaired) electrons. The van der Waals surface area contributed by atoms with Crippen molar-refractivity contribution in [3.05, 3.63) is 322 Å². The molecule has 0 spiro atoms. The minimum absolute atomic E-state index is 0.0529. The number of ether oxygens (including phenoxy) is 1. The summed E-state index contributed by atoms with van der Waals surface area (Å²) in [4.78, 5) is 4.60. The van der Waals surface area contributed by atoms with E-state index in [1.165, 1.54) is 79.0 Å². The van der Waals surface area contributed by atoms with Crippen LogP contribution < -0.4 is 9.64 Å². The van der Waals surface area contributed by atoms with Crippen LogP contribution in [0.3, 0.4) is 0 Å². The lowest BCUT2D eigenvalue weighted by Crippen LogP contribution is -2.52. The Balaban J connectivity index is 0.832. The van der Waals surface area contributed by atoms with Gasteiger partial charge in [-0.15, -0.1) is 6.58 Å². The van der Waals surface area contributed by atoms with E-state index in [1.54, 1.807) is 0 Å². The van der Waals surface area contributed by atoms with E-state index in [1.807, 2.05) is 18.2 Å². The van der Waals surface area contributed by atoms with Crippen LogP contribution in [0.4, 0.5) is 23.2 Å². The van der Waals surface area contributed by atoms with E-state index < -0.39 is 40.6 Å². The monoisotopic (exact) mass is 1120 g/mol. The van der Waals surface area contributed by atoms with Crippen LogP contribution in [0.15, 0.2) is 288 Å². The Hall–Kier alpha value is -8.42. The first kappa shape index (κ1) is 53.3. The molecular formula is C78H68F4N2O. The van der Waals surface area contributed by atoms with Gasteiger partial charge in [0.15, 0.2) is 12.0 Å². The molecule has 7 heteroatoms. The van der Waals surface area contributed by atoms with Gasteiger partial charge in [0.05, 0.1) is 29.2 Å². The minimum Gasteiger partial charge on any atom is -0.485 e. The first-order valence-electron chi connectivity index (χ1n) is 30.7. The Bertz CT molecular complexity index is 3990. The number of rotatable bonds is 12. The molecule has 1 aliphatic heterocycles. The number of hydrogen-bond acceptors (Lipinski definition) is 3. The number of benzene rings is 4. The van der Waals surface area contributed by atoms with Gasteiger partial charge in [0.25, 0.3) is 0 Å². The van der Waals surface area contributed by atoms with E-state index in [9.17, 15) is 0 Å². The highest BCUT2D eigenvalue weighted by Crippen LogP contribution is 2.63. The molecule has 3 nitrogen and oxygen atoms in total. The molecule has 0 saturated carbocycles. The van der Waals surface area contributed by atoms with Gasteiger partial charge in [-0.05, 0) is 143 Å². The first-order valence-corrected chi connectivity index (χ1v) is 30.7. The number of hydrogen-bond donors (Lipinski definition) is 0. The van der Waals surface area contributed by atoms with Crippen LogP contribution >= 0.6 is 0 Å². The van der Waals surface area contributed by atoms with E-state index in [0.29, 0.717) is 42.8 Å². The predicted molar refractivity (Wildman–Crippen MR) is 337 cm³/mol. The molecule has 0 N–H and O–H groups in total. The maximum Gasteiger partial charge on any atom is 0.156 e. The number of para-hydroxylation sites is 1. The number of halogens is 4. The van der Waals surface area contributed by atoms with Crippen molar-refractivity contribution in [3.63, 3.8) is 0 Å².